The molecule has 5 nitrogen and oxygen atoms in total. The Morgan fingerprint density at radius 2 is 1.79 bits per heavy atom. The molecular formula is C19H18F3N3O2S. The molecule has 3 amide bonds. The number of hydrogen-bond donors (Lipinski definition) is 0. The Kier molecular flexibility index (Phi) is 5.64. The predicted octanol–water partition coefficient (Wildman–Crippen LogP) is 4.61. The van der Waals surface area contributed by atoms with Crippen LogP contribution in [0.5, 0.6) is 0 Å². The van der Waals surface area contributed by atoms with Crippen molar-refractivity contribution < 1.29 is 22.8 Å². The van der Waals surface area contributed by atoms with Gasteiger partial charge in [0.2, 0.25) is 0 Å². The summed E-state index contributed by atoms with van der Waals surface area (Å²) in [6.07, 6.45) is 4.11. The van der Waals surface area contributed by atoms with Gasteiger partial charge in [0.05, 0.1) is 5.69 Å². The van der Waals surface area contributed by atoms with Crippen LogP contribution < -0.4 is 4.90 Å². The van der Waals surface area contributed by atoms with Crippen molar-refractivity contribution in [2.45, 2.75) is 43.3 Å². The topological polar surface area (TPSA) is 53.5 Å². The monoisotopic (exact) mass is 409 g/mol. The lowest BCUT2D eigenvalue weighted by molar-refractivity contribution is -0.119. The summed E-state index contributed by atoms with van der Waals surface area (Å²) in [6.45, 7) is 3.88. The van der Waals surface area contributed by atoms with Crippen molar-refractivity contribution in [2.75, 3.05) is 4.90 Å². The third kappa shape index (κ3) is 4.14. The van der Waals surface area contributed by atoms with Crippen LogP contribution in [0.1, 0.15) is 25.0 Å². The van der Waals surface area contributed by atoms with E-state index in [9.17, 15) is 22.8 Å². The second-order valence-corrected chi connectivity index (χ2v) is 7.44. The van der Waals surface area contributed by atoms with Gasteiger partial charge in [-0.25, -0.2) is 9.69 Å². The maximum absolute atomic E-state index is 12.9. The van der Waals surface area contributed by atoms with Crippen molar-refractivity contribution in [3.8, 4) is 0 Å². The fourth-order valence-electron chi connectivity index (χ4n) is 3.06. The maximum atomic E-state index is 12.9. The number of alkyl halides is 3. The Labute approximate surface area is 164 Å². The number of carbonyl (C=O) groups excluding carboxylic acids is 2. The number of anilines is 1. The highest BCUT2D eigenvalue weighted by Gasteiger charge is 2.43. The zero-order chi connectivity index (χ0) is 20.5. The number of imide groups is 1. The average Bonchev–Trinajstić information content (AvgIpc) is 2.85. The largest absolute Gasteiger partial charge is 0.446 e. The number of hydrogen-bond acceptors (Lipinski definition) is 4. The van der Waals surface area contributed by atoms with E-state index in [4.69, 9.17) is 0 Å². The van der Waals surface area contributed by atoms with Gasteiger partial charge in [-0.2, -0.15) is 13.2 Å². The first-order chi connectivity index (χ1) is 13.2. The first-order valence-corrected chi connectivity index (χ1v) is 9.45. The molecule has 28 heavy (non-hydrogen) atoms. The molecule has 1 aliphatic rings. The van der Waals surface area contributed by atoms with Crippen LogP contribution in [-0.4, -0.2) is 33.4 Å². The smallest absolute Gasteiger partial charge is 0.308 e. The number of benzene rings is 1. The van der Waals surface area contributed by atoms with Crippen LogP contribution in [0.25, 0.3) is 0 Å². The maximum Gasteiger partial charge on any atom is 0.446 e. The van der Waals surface area contributed by atoms with Crippen molar-refractivity contribution in [3.63, 3.8) is 0 Å². The Balaban J connectivity index is 1.82. The van der Waals surface area contributed by atoms with Crippen LogP contribution in [0, 0.1) is 0 Å². The van der Waals surface area contributed by atoms with E-state index in [-0.39, 0.29) is 28.9 Å². The van der Waals surface area contributed by atoms with Gasteiger partial charge in [0.25, 0.3) is 5.91 Å². The molecule has 1 saturated heterocycles. The minimum Gasteiger partial charge on any atom is -0.308 e. The molecule has 1 aromatic heterocycles. The molecule has 0 bridgehead atoms. The molecule has 0 radical (unpaired) electrons. The number of aryl methyl sites for hydroxylation is 1. The Hall–Kier alpha value is -2.55. The summed E-state index contributed by atoms with van der Waals surface area (Å²) in [4.78, 5) is 32.1. The van der Waals surface area contributed by atoms with Crippen molar-refractivity contribution >= 4 is 29.4 Å². The van der Waals surface area contributed by atoms with E-state index in [0.717, 1.165) is 22.4 Å². The van der Waals surface area contributed by atoms with E-state index in [1.54, 1.807) is 19.3 Å². The molecule has 0 N–H and O–H groups in total. The molecule has 148 valence electrons. The predicted molar refractivity (Wildman–Crippen MR) is 99.9 cm³/mol. The van der Waals surface area contributed by atoms with Crippen molar-refractivity contribution in [3.05, 3.63) is 53.9 Å². The van der Waals surface area contributed by atoms with Crippen molar-refractivity contribution in [1.82, 2.24) is 9.88 Å². The standard InChI is InChI=1S/C19H18F3N3O2S/c1-3-13-10-23-9-8-14(13)11-24-12(2)17(26)25(18(24)27)15-4-6-16(7-5-15)28-19(20,21)22/h4-10,12H,3,11H2,1-2H3. The molecule has 1 aliphatic heterocycles. The fraction of sp³-hybridized carbons (Fsp3) is 0.316. The van der Waals surface area contributed by atoms with Crippen LogP contribution in [0.4, 0.5) is 23.7 Å². The number of nitrogens with zero attached hydrogens (tertiary/aromatic N) is 3. The lowest BCUT2D eigenvalue weighted by atomic mass is 10.1. The molecular weight excluding hydrogens is 391 g/mol. The molecule has 2 aromatic rings. The first kappa shape index (κ1) is 20.2. The fourth-order valence-corrected chi connectivity index (χ4v) is 3.60. The number of rotatable bonds is 5. The lowest BCUT2D eigenvalue weighted by Crippen LogP contribution is -2.33. The van der Waals surface area contributed by atoms with Gasteiger partial charge in [-0.1, -0.05) is 6.92 Å². The summed E-state index contributed by atoms with van der Waals surface area (Å²) in [7, 11) is 0. The van der Waals surface area contributed by atoms with Crippen LogP contribution in [-0.2, 0) is 17.8 Å². The van der Waals surface area contributed by atoms with Gasteiger partial charge in [0, 0.05) is 23.8 Å². The van der Waals surface area contributed by atoms with E-state index in [1.165, 1.54) is 29.2 Å². The normalized spacial score (nSPS) is 17.5. The van der Waals surface area contributed by atoms with Gasteiger partial charge in [-0.3, -0.25) is 9.78 Å². The van der Waals surface area contributed by atoms with Crippen LogP contribution in [0.2, 0.25) is 0 Å². The molecule has 0 spiro atoms. The molecule has 3 rings (SSSR count). The van der Waals surface area contributed by atoms with Crippen LogP contribution in [0.15, 0.2) is 47.6 Å². The number of pyridine rings is 1. The second-order valence-electron chi connectivity index (χ2n) is 6.30. The number of halogens is 3. The zero-order valence-electron chi connectivity index (χ0n) is 15.2. The Morgan fingerprint density at radius 3 is 2.39 bits per heavy atom. The van der Waals surface area contributed by atoms with Gasteiger partial charge in [0.15, 0.2) is 0 Å². The van der Waals surface area contributed by atoms with Crippen molar-refractivity contribution in [2.24, 2.45) is 0 Å². The summed E-state index contributed by atoms with van der Waals surface area (Å²) in [6, 6.07) is 5.85. The minimum absolute atomic E-state index is 0.00961. The summed E-state index contributed by atoms with van der Waals surface area (Å²) in [5, 5.41) is 0. The Bertz CT molecular complexity index is 887. The average molecular weight is 409 g/mol. The number of thioether (sulfide) groups is 1. The molecule has 0 saturated carbocycles. The van der Waals surface area contributed by atoms with Gasteiger partial charge < -0.3 is 4.90 Å². The molecule has 2 heterocycles. The number of carbonyl (C=O) groups is 2. The molecule has 0 aliphatic carbocycles. The van der Waals surface area contributed by atoms with E-state index in [2.05, 4.69) is 4.98 Å². The van der Waals surface area contributed by atoms with E-state index < -0.39 is 23.5 Å². The lowest BCUT2D eigenvalue weighted by Gasteiger charge is -2.20. The summed E-state index contributed by atoms with van der Waals surface area (Å²) < 4.78 is 37.4. The van der Waals surface area contributed by atoms with Gasteiger partial charge in [-0.05, 0) is 66.6 Å². The summed E-state index contributed by atoms with van der Waals surface area (Å²) >= 11 is -0.244. The number of urea groups is 1. The van der Waals surface area contributed by atoms with Crippen LogP contribution >= 0.6 is 11.8 Å². The van der Waals surface area contributed by atoms with E-state index in [1.807, 2.05) is 13.0 Å². The first-order valence-electron chi connectivity index (χ1n) is 8.63. The second kappa shape index (κ2) is 7.83. The third-order valence-electron chi connectivity index (χ3n) is 4.54. The Morgan fingerprint density at radius 1 is 1.11 bits per heavy atom. The summed E-state index contributed by atoms with van der Waals surface area (Å²) in [5.74, 6) is -0.409. The molecule has 1 fully saturated rings. The summed E-state index contributed by atoms with van der Waals surface area (Å²) in [5.41, 5.74) is -2.25. The van der Waals surface area contributed by atoms with E-state index in [0.29, 0.717) is 0 Å². The highest BCUT2D eigenvalue weighted by molar-refractivity contribution is 8.00. The van der Waals surface area contributed by atoms with Crippen molar-refractivity contribution in [1.29, 1.82) is 0 Å². The molecule has 1 unspecified atom stereocenters. The van der Waals surface area contributed by atoms with Gasteiger partial charge in [0.1, 0.15) is 6.04 Å². The number of aromatic nitrogens is 1. The highest BCUT2D eigenvalue weighted by atomic mass is 32.2. The number of amides is 3. The van der Waals surface area contributed by atoms with Gasteiger partial charge in [-0.15, -0.1) is 0 Å². The highest BCUT2D eigenvalue weighted by Crippen LogP contribution is 2.38. The third-order valence-corrected chi connectivity index (χ3v) is 5.28. The minimum atomic E-state index is -4.40. The zero-order valence-corrected chi connectivity index (χ0v) is 16.0. The van der Waals surface area contributed by atoms with Crippen LogP contribution in [0.3, 0.4) is 0 Å². The SMILES string of the molecule is CCc1cnccc1CN1C(=O)N(c2ccc(SC(F)(F)F)cc2)C(=O)C1C. The molecule has 1 atom stereocenters. The van der Waals surface area contributed by atoms with Gasteiger partial charge >= 0.3 is 11.5 Å². The molecule has 1 aromatic carbocycles. The van der Waals surface area contributed by atoms with E-state index >= 15 is 0 Å². The molecule has 9 heteroatoms. The quantitative estimate of drug-likeness (QED) is 0.534.